The Bertz CT molecular complexity index is 987. The number of carbonyl (C=O) groups excluding carboxylic acids is 1. The molecule has 1 amide bonds. The molecule has 25 heavy (non-hydrogen) atoms. The zero-order chi connectivity index (χ0) is 18.0. The largest absolute Gasteiger partial charge is 0.504 e. The number of thiophene rings is 1. The number of halogens is 2. The summed E-state index contributed by atoms with van der Waals surface area (Å²) in [4.78, 5) is 12.5. The number of para-hydroxylation sites is 1. The van der Waals surface area contributed by atoms with E-state index in [4.69, 9.17) is 16.3 Å². The number of rotatable bonds is 4. The van der Waals surface area contributed by atoms with Crippen LogP contribution < -0.4 is 10.2 Å². The summed E-state index contributed by atoms with van der Waals surface area (Å²) in [5, 5.41) is 14.6. The lowest BCUT2D eigenvalue weighted by Crippen LogP contribution is -2.16. The molecule has 128 valence electrons. The average molecular weight is 379 g/mol. The number of amides is 1. The minimum absolute atomic E-state index is 0.0848. The SMILES string of the molecule is COc1cccc(/C=N\NC(=O)c2sc3cc(F)ccc3c2Cl)c1O. The number of nitrogens with zero attached hydrogens (tertiary/aromatic N) is 1. The predicted molar refractivity (Wildman–Crippen MR) is 96.5 cm³/mol. The lowest BCUT2D eigenvalue weighted by Gasteiger charge is -2.04. The number of benzene rings is 2. The Kier molecular flexibility index (Phi) is 4.87. The third-order valence-electron chi connectivity index (χ3n) is 3.42. The summed E-state index contributed by atoms with van der Waals surface area (Å²) in [5.41, 5.74) is 2.72. The molecule has 0 radical (unpaired) electrons. The summed E-state index contributed by atoms with van der Waals surface area (Å²) in [6.45, 7) is 0. The van der Waals surface area contributed by atoms with E-state index in [1.54, 1.807) is 18.2 Å². The Morgan fingerprint density at radius 3 is 2.96 bits per heavy atom. The third-order valence-corrected chi connectivity index (χ3v) is 5.07. The molecule has 8 heteroatoms. The summed E-state index contributed by atoms with van der Waals surface area (Å²) in [5.74, 6) is -0.711. The van der Waals surface area contributed by atoms with E-state index in [1.165, 1.54) is 31.5 Å². The zero-order valence-electron chi connectivity index (χ0n) is 12.9. The Balaban J connectivity index is 1.80. The third kappa shape index (κ3) is 3.42. The van der Waals surface area contributed by atoms with Crippen molar-refractivity contribution in [2.45, 2.75) is 0 Å². The van der Waals surface area contributed by atoms with Gasteiger partial charge in [0.2, 0.25) is 0 Å². The van der Waals surface area contributed by atoms with Crippen molar-refractivity contribution in [3.8, 4) is 11.5 Å². The average Bonchev–Trinajstić information content (AvgIpc) is 2.92. The highest BCUT2D eigenvalue weighted by Gasteiger charge is 2.17. The number of ether oxygens (including phenoxy) is 1. The van der Waals surface area contributed by atoms with Crippen LogP contribution in [0.15, 0.2) is 41.5 Å². The standard InChI is InChI=1S/C17H12ClFN2O3S/c1-24-12-4-2-3-9(15(12)22)8-20-21-17(23)16-14(18)11-6-5-10(19)7-13(11)25-16/h2-8,22H,1H3,(H,21,23)/b20-8-. The molecular formula is C17H12ClFN2O3S. The van der Waals surface area contributed by atoms with Crippen LogP contribution in [0.3, 0.4) is 0 Å². The second-order valence-electron chi connectivity index (χ2n) is 4.98. The number of fused-ring (bicyclic) bond motifs is 1. The number of carbonyl (C=O) groups is 1. The maximum absolute atomic E-state index is 13.3. The van der Waals surface area contributed by atoms with Gasteiger partial charge in [-0.2, -0.15) is 5.10 Å². The number of phenols is 1. The van der Waals surface area contributed by atoms with E-state index in [9.17, 15) is 14.3 Å². The van der Waals surface area contributed by atoms with Crippen molar-refractivity contribution in [2.75, 3.05) is 7.11 Å². The van der Waals surface area contributed by atoms with Gasteiger partial charge in [0.05, 0.1) is 18.3 Å². The molecule has 3 rings (SSSR count). The smallest absolute Gasteiger partial charge is 0.283 e. The molecule has 0 bridgehead atoms. The van der Waals surface area contributed by atoms with E-state index in [2.05, 4.69) is 10.5 Å². The van der Waals surface area contributed by atoms with E-state index >= 15 is 0 Å². The summed E-state index contributed by atoms with van der Waals surface area (Å²) < 4.78 is 18.8. The molecule has 0 aliphatic heterocycles. The lowest BCUT2D eigenvalue weighted by molar-refractivity contribution is 0.0959. The van der Waals surface area contributed by atoms with Crippen LogP contribution in [-0.2, 0) is 0 Å². The molecule has 0 unspecified atom stereocenters. The van der Waals surface area contributed by atoms with Crippen LogP contribution in [-0.4, -0.2) is 24.3 Å². The number of hydrazone groups is 1. The molecule has 0 atom stereocenters. The van der Waals surface area contributed by atoms with Crippen molar-refractivity contribution >= 4 is 45.1 Å². The van der Waals surface area contributed by atoms with Crippen molar-refractivity contribution in [3.63, 3.8) is 0 Å². The van der Waals surface area contributed by atoms with Gasteiger partial charge >= 0.3 is 0 Å². The first-order valence-corrected chi connectivity index (χ1v) is 8.27. The Hall–Kier alpha value is -2.64. The molecule has 2 N–H and O–H groups in total. The van der Waals surface area contributed by atoms with Crippen molar-refractivity contribution in [2.24, 2.45) is 5.10 Å². The molecule has 0 aliphatic carbocycles. The maximum Gasteiger partial charge on any atom is 0.283 e. The number of aromatic hydroxyl groups is 1. The van der Waals surface area contributed by atoms with Crippen molar-refractivity contribution in [1.29, 1.82) is 0 Å². The van der Waals surface area contributed by atoms with Gasteiger partial charge in [-0.1, -0.05) is 17.7 Å². The highest BCUT2D eigenvalue weighted by molar-refractivity contribution is 7.21. The van der Waals surface area contributed by atoms with Crippen LogP contribution in [0.1, 0.15) is 15.2 Å². The molecular weight excluding hydrogens is 367 g/mol. The second-order valence-corrected chi connectivity index (χ2v) is 6.41. The number of phenolic OH excluding ortho intramolecular Hbond substituents is 1. The Morgan fingerprint density at radius 1 is 1.40 bits per heavy atom. The molecule has 0 spiro atoms. The molecule has 3 aromatic rings. The number of methoxy groups -OCH3 is 1. The summed E-state index contributed by atoms with van der Waals surface area (Å²) in [6, 6.07) is 9.02. The van der Waals surface area contributed by atoms with Crippen LogP contribution in [0.2, 0.25) is 5.02 Å². The monoisotopic (exact) mass is 378 g/mol. The lowest BCUT2D eigenvalue weighted by atomic mass is 10.2. The molecule has 0 fully saturated rings. The summed E-state index contributed by atoms with van der Waals surface area (Å²) in [6.07, 6.45) is 1.29. The summed E-state index contributed by atoms with van der Waals surface area (Å²) in [7, 11) is 1.43. The van der Waals surface area contributed by atoms with Crippen LogP contribution in [0.4, 0.5) is 4.39 Å². The molecule has 5 nitrogen and oxygen atoms in total. The fourth-order valence-electron chi connectivity index (χ4n) is 2.20. The Morgan fingerprint density at radius 2 is 2.20 bits per heavy atom. The van der Waals surface area contributed by atoms with Gasteiger partial charge in [-0.25, -0.2) is 9.82 Å². The van der Waals surface area contributed by atoms with Gasteiger partial charge in [0, 0.05) is 15.6 Å². The fourth-order valence-corrected chi connectivity index (χ4v) is 3.64. The van der Waals surface area contributed by atoms with E-state index in [-0.39, 0.29) is 15.6 Å². The zero-order valence-corrected chi connectivity index (χ0v) is 14.5. The quantitative estimate of drug-likeness (QED) is 0.528. The first kappa shape index (κ1) is 17.2. The first-order valence-electron chi connectivity index (χ1n) is 7.08. The second kappa shape index (κ2) is 7.08. The predicted octanol–water partition coefficient (Wildman–Crippen LogP) is 4.17. The van der Waals surface area contributed by atoms with Gasteiger partial charge in [-0.05, 0) is 30.3 Å². The number of nitrogens with one attached hydrogen (secondary N) is 1. The van der Waals surface area contributed by atoms with E-state index in [0.29, 0.717) is 21.4 Å². The highest BCUT2D eigenvalue weighted by Crippen LogP contribution is 2.35. The topological polar surface area (TPSA) is 70.9 Å². The van der Waals surface area contributed by atoms with Gasteiger partial charge in [0.25, 0.3) is 5.91 Å². The van der Waals surface area contributed by atoms with Crippen LogP contribution >= 0.6 is 22.9 Å². The fraction of sp³-hybridized carbons (Fsp3) is 0.0588. The summed E-state index contributed by atoms with van der Waals surface area (Å²) >= 11 is 7.26. The van der Waals surface area contributed by atoms with Crippen molar-refractivity contribution in [3.05, 3.63) is 57.7 Å². The van der Waals surface area contributed by atoms with Crippen molar-refractivity contribution in [1.82, 2.24) is 5.43 Å². The van der Waals surface area contributed by atoms with E-state index in [1.807, 2.05) is 0 Å². The molecule has 1 aromatic heterocycles. The highest BCUT2D eigenvalue weighted by atomic mass is 35.5. The Labute approximate surface area is 151 Å². The van der Waals surface area contributed by atoms with Gasteiger partial charge in [0.15, 0.2) is 11.5 Å². The number of hydrogen-bond donors (Lipinski definition) is 2. The molecule has 0 saturated carbocycles. The van der Waals surface area contributed by atoms with E-state index in [0.717, 1.165) is 11.3 Å². The van der Waals surface area contributed by atoms with E-state index < -0.39 is 11.7 Å². The van der Waals surface area contributed by atoms with Gasteiger partial charge in [-0.3, -0.25) is 4.79 Å². The number of hydrogen-bond acceptors (Lipinski definition) is 5. The van der Waals surface area contributed by atoms with Gasteiger partial charge in [-0.15, -0.1) is 11.3 Å². The molecule has 2 aromatic carbocycles. The van der Waals surface area contributed by atoms with Gasteiger partial charge < -0.3 is 9.84 Å². The normalized spacial score (nSPS) is 11.2. The van der Waals surface area contributed by atoms with Gasteiger partial charge in [0.1, 0.15) is 10.7 Å². The van der Waals surface area contributed by atoms with Crippen LogP contribution in [0, 0.1) is 5.82 Å². The van der Waals surface area contributed by atoms with Crippen LogP contribution in [0.5, 0.6) is 11.5 Å². The molecule has 1 heterocycles. The maximum atomic E-state index is 13.3. The molecule has 0 aliphatic rings. The first-order chi connectivity index (χ1) is 12.0. The molecule has 0 saturated heterocycles. The minimum Gasteiger partial charge on any atom is -0.504 e. The minimum atomic E-state index is -0.523. The van der Waals surface area contributed by atoms with Crippen LogP contribution in [0.25, 0.3) is 10.1 Å². The van der Waals surface area contributed by atoms with Crippen molar-refractivity contribution < 1.29 is 19.0 Å².